The molecule has 18 heavy (non-hydrogen) atoms. The number of carbonyl (C=O) groups excluding carboxylic acids is 1. The van der Waals surface area contributed by atoms with E-state index in [1.165, 1.54) is 22.3 Å². The van der Waals surface area contributed by atoms with E-state index in [2.05, 4.69) is 52.8 Å². The van der Waals surface area contributed by atoms with Crippen molar-refractivity contribution in [2.45, 2.75) is 47.1 Å². The van der Waals surface area contributed by atoms with Crippen LogP contribution in [0.25, 0.3) is 5.57 Å². The van der Waals surface area contributed by atoms with E-state index in [4.69, 9.17) is 0 Å². The molecule has 0 radical (unpaired) electrons. The number of anilines is 1. The van der Waals surface area contributed by atoms with Gasteiger partial charge < -0.3 is 4.90 Å². The van der Waals surface area contributed by atoms with Gasteiger partial charge in [0.2, 0.25) is 5.91 Å². The molecule has 0 aromatic heterocycles. The normalized spacial score (nSPS) is 17.2. The van der Waals surface area contributed by atoms with E-state index < -0.39 is 0 Å². The second-order valence-corrected chi connectivity index (χ2v) is 5.79. The van der Waals surface area contributed by atoms with Gasteiger partial charge in [0.25, 0.3) is 0 Å². The molecule has 1 aliphatic heterocycles. The molecule has 1 heterocycles. The highest BCUT2D eigenvalue weighted by Crippen LogP contribution is 2.40. The Kier molecular flexibility index (Phi) is 2.84. The molecule has 1 aromatic rings. The summed E-state index contributed by atoms with van der Waals surface area (Å²) in [5.41, 5.74) is 5.69. The number of fused-ring (bicyclic) bond motifs is 1. The molecule has 1 aromatic carbocycles. The van der Waals surface area contributed by atoms with Crippen molar-refractivity contribution in [2.24, 2.45) is 0 Å². The van der Waals surface area contributed by atoms with Crippen LogP contribution in [0.5, 0.6) is 0 Å². The second kappa shape index (κ2) is 3.98. The van der Waals surface area contributed by atoms with E-state index in [0.717, 1.165) is 5.69 Å². The number of hydrogen-bond acceptors (Lipinski definition) is 1. The SMILES string of the molecule is CC(=O)N1c2cc(C)c(C)cc2C(C)=CC1(C)C. The fourth-order valence-electron chi connectivity index (χ4n) is 2.86. The zero-order valence-electron chi connectivity index (χ0n) is 12.1. The van der Waals surface area contributed by atoms with Crippen molar-refractivity contribution in [1.29, 1.82) is 0 Å². The molecule has 2 nitrogen and oxygen atoms in total. The van der Waals surface area contributed by atoms with Gasteiger partial charge in [-0.25, -0.2) is 0 Å². The summed E-state index contributed by atoms with van der Waals surface area (Å²) in [6.07, 6.45) is 2.17. The van der Waals surface area contributed by atoms with Crippen LogP contribution in [0.2, 0.25) is 0 Å². The summed E-state index contributed by atoms with van der Waals surface area (Å²) < 4.78 is 0. The van der Waals surface area contributed by atoms with Crippen molar-refractivity contribution in [3.63, 3.8) is 0 Å². The lowest BCUT2D eigenvalue weighted by Crippen LogP contribution is -2.48. The molecule has 0 saturated heterocycles. The Hall–Kier alpha value is -1.57. The first-order valence-electron chi connectivity index (χ1n) is 6.36. The van der Waals surface area contributed by atoms with Crippen LogP contribution in [0.15, 0.2) is 18.2 Å². The summed E-state index contributed by atoms with van der Waals surface area (Å²) in [5, 5.41) is 0. The summed E-state index contributed by atoms with van der Waals surface area (Å²) in [5.74, 6) is 0.0910. The molecular weight excluding hydrogens is 222 g/mol. The zero-order valence-corrected chi connectivity index (χ0v) is 12.1. The molecule has 0 aliphatic carbocycles. The first-order chi connectivity index (χ1) is 8.24. The van der Waals surface area contributed by atoms with Gasteiger partial charge in [-0.1, -0.05) is 6.08 Å². The Morgan fingerprint density at radius 2 is 1.67 bits per heavy atom. The standard InChI is InChI=1S/C16H21NO/c1-10-7-14-12(3)9-16(5,6)17(13(4)18)15(14)8-11(10)2/h7-9H,1-6H3. The van der Waals surface area contributed by atoms with Gasteiger partial charge in [-0.2, -0.15) is 0 Å². The van der Waals surface area contributed by atoms with E-state index in [1.807, 2.05) is 4.90 Å². The molecule has 96 valence electrons. The largest absolute Gasteiger partial charge is 0.303 e. The van der Waals surface area contributed by atoms with Gasteiger partial charge in [0.1, 0.15) is 0 Å². The highest BCUT2D eigenvalue weighted by molar-refractivity contribution is 5.99. The summed E-state index contributed by atoms with van der Waals surface area (Å²) in [4.78, 5) is 13.9. The number of benzene rings is 1. The predicted molar refractivity (Wildman–Crippen MR) is 76.8 cm³/mol. The smallest absolute Gasteiger partial charge is 0.224 e. The Morgan fingerprint density at radius 1 is 1.11 bits per heavy atom. The quantitative estimate of drug-likeness (QED) is 0.677. The first-order valence-corrected chi connectivity index (χ1v) is 6.36. The van der Waals surface area contributed by atoms with Crippen molar-refractivity contribution < 1.29 is 4.79 Å². The van der Waals surface area contributed by atoms with E-state index in [9.17, 15) is 4.79 Å². The highest BCUT2D eigenvalue weighted by Gasteiger charge is 2.34. The summed E-state index contributed by atoms with van der Waals surface area (Å²) in [6.45, 7) is 12.1. The lowest BCUT2D eigenvalue weighted by molar-refractivity contribution is -0.117. The van der Waals surface area contributed by atoms with Crippen LogP contribution in [0.3, 0.4) is 0 Å². The van der Waals surface area contributed by atoms with Crippen molar-refractivity contribution in [3.8, 4) is 0 Å². The van der Waals surface area contributed by atoms with Gasteiger partial charge in [-0.3, -0.25) is 4.79 Å². The highest BCUT2D eigenvalue weighted by atomic mass is 16.2. The summed E-state index contributed by atoms with van der Waals surface area (Å²) in [7, 11) is 0. The number of allylic oxidation sites excluding steroid dienone is 1. The maximum absolute atomic E-state index is 12.0. The van der Waals surface area contributed by atoms with Crippen molar-refractivity contribution in [2.75, 3.05) is 4.90 Å². The number of carbonyl (C=O) groups is 1. The average Bonchev–Trinajstić information content (AvgIpc) is 2.19. The molecule has 0 bridgehead atoms. The maximum Gasteiger partial charge on any atom is 0.224 e. The molecule has 0 N–H and O–H groups in total. The maximum atomic E-state index is 12.0. The lowest BCUT2D eigenvalue weighted by Gasteiger charge is -2.41. The van der Waals surface area contributed by atoms with Gasteiger partial charge in [-0.15, -0.1) is 0 Å². The van der Waals surface area contributed by atoms with E-state index in [1.54, 1.807) is 6.92 Å². The van der Waals surface area contributed by atoms with E-state index in [-0.39, 0.29) is 11.4 Å². The first kappa shape index (κ1) is 12.9. The zero-order chi connectivity index (χ0) is 13.7. The number of rotatable bonds is 0. The molecule has 2 heteroatoms. The number of hydrogen-bond donors (Lipinski definition) is 0. The third kappa shape index (κ3) is 1.86. The summed E-state index contributed by atoms with van der Waals surface area (Å²) in [6, 6.07) is 4.31. The molecule has 0 fully saturated rings. The average molecular weight is 243 g/mol. The van der Waals surface area contributed by atoms with Crippen LogP contribution >= 0.6 is 0 Å². The Balaban J connectivity index is 2.75. The van der Waals surface area contributed by atoms with Gasteiger partial charge in [0.15, 0.2) is 0 Å². The topological polar surface area (TPSA) is 20.3 Å². The minimum atomic E-state index is -0.259. The van der Waals surface area contributed by atoms with Crippen LogP contribution in [-0.4, -0.2) is 11.4 Å². The fraction of sp³-hybridized carbons (Fsp3) is 0.438. The van der Waals surface area contributed by atoms with Crippen LogP contribution in [0, 0.1) is 13.8 Å². The van der Waals surface area contributed by atoms with Gasteiger partial charge in [-0.05, 0) is 63.5 Å². The minimum Gasteiger partial charge on any atom is -0.303 e. The Bertz CT molecular complexity index is 552. The molecule has 0 saturated carbocycles. The third-order valence-electron chi connectivity index (χ3n) is 3.74. The van der Waals surface area contributed by atoms with Crippen LogP contribution in [0.4, 0.5) is 5.69 Å². The molecule has 1 aliphatic rings. The molecule has 2 rings (SSSR count). The van der Waals surface area contributed by atoms with Crippen molar-refractivity contribution >= 4 is 17.2 Å². The molecule has 1 amide bonds. The van der Waals surface area contributed by atoms with Crippen molar-refractivity contribution in [1.82, 2.24) is 0 Å². The van der Waals surface area contributed by atoms with E-state index in [0.29, 0.717) is 0 Å². The van der Waals surface area contributed by atoms with Crippen LogP contribution in [0.1, 0.15) is 44.4 Å². The molecule has 0 unspecified atom stereocenters. The van der Waals surface area contributed by atoms with Gasteiger partial charge in [0, 0.05) is 12.5 Å². The van der Waals surface area contributed by atoms with Crippen molar-refractivity contribution in [3.05, 3.63) is 34.9 Å². The fourth-order valence-corrected chi connectivity index (χ4v) is 2.86. The van der Waals surface area contributed by atoms with Crippen LogP contribution < -0.4 is 4.90 Å². The minimum absolute atomic E-state index is 0.0910. The lowest BCUT2D eigenvalue weighted by atomic mass is 9.87. The molecular formula is C16H21NO. The Morgan fingerprint density at radius 3 is 2.22 bits per heavy atom. The third-order valence-corrected chi connectivity index (χ3v) is 3.74. The van der Waals surface area contributed by atoms with Gasteiger partial charge in [0.05, 0.1) is 11.2 Å². The Labute approximate surface area is 109 Å². The monoisotopic (exact) mass is 243 g/mol. The van der Waals surface area contributed by atoms with Gasteiger partial charge >= 0.3 is 0 Å². The number of nitrogens with zero attached hydrogens (tertiary/aromatic N) is 1. The van der Waals surface area contributed by atoms with Crippen LogP contribution in [-0.2, 0) is 4.79 Å². The number of aryl methyl sites for hydroxylation is 2. The molecule has 0 atom stereocenters. The molecule has 0 spiro atoms. The van der Waals surface area contributed by atoms with E-state index >= 15 is 0 Å². The predicted octanol–water partition coefficient (Wildman–Crippen LogP) is 3.85. The number of amides is 1. The second-order valence-electron chi connectivity index (χ2n) is 5.79. The summed E-state index contributed by atoms with van der Waals surface area (Å²) >= 11 is 0.